The van der Waals surface area contributed by atoms with E-state index in [9.17, 15) is 4.79 Å². The van der Waals surface area contributed by atoms with E-state index in [1.54, 1.807) is 0 Å². The lowest BCUT2D eigenvalue weighted by Gasteiger charge is -2.40. The molecule has 0 saturated heterocycles. The number of hydrogen-bond acceptors (Lipinski definition) is 3. The van der Waals surface area contributed by atoms with Crippen LogP contribution in [0, 0.1) is 12.8 Å². The lowest BCUT2D eigenvalue weighted by Crippen LogP contribution is -2.45. The maximum Gasteiger partial charge on any atom is 0.227 e. The zero-order valence-electron chi connectivity index (χ0n) is 20.5. The Kier molecular flexibility index (Phi) is 5.97. The van der Waals surface area contributed by atoms with Crippen molar-refractivity contribution in [1.82, 2.24) is 9.88 Å². The fourth-order valence-corrected chi connectivity index (χ4v) is 6.28. The van der Waals surface area contributed by atoms with Crippen molar-refractivity contribution in [3.63, 3.8) is 0 Å². The van der Waals surface area contributed by atoms with Crippen LogP contribution < -0.4 is 0 Å². The molecule has 0 unspecified atom stereocenters. The van der Waals surface area contributed by atoms with Gasteiger partial charge in [0.15, 0.2) is 0 Å². The molecule has 1 saturated carbocycles. The number of fused-ring (bicyclic) bond motifs is 2. The summed E-state index contributed by atoms with van der Waals surface area (Å²) in [6, 6.07) is 19.9. The van der Waals surface area contributed by atoms with Crippen molar-refractivity contribution in [2.45, 2.75) is 71.0 Å². The van der Waals surface area contributed by atoms with Crippen LogP contribution in [0.25, 0.3) is 0 Å². The zero-order chi connectivity index (χ0) is 23.8. The summed E-state index contributed by atoms with van der Waals surface area (Å²) in [5.74, 6) is 1.01. The van der Waals surface area contributed by atoms with Gasteiger partial charge in [-0.3, -0.25) is 14.8 Å². The van der Waals surface area contributed by atoms with E-state index in [4.69, 9.17) is 4.99 Å². The summed E-state index contributed by atoms with van der Waals surface area (Å²) >= 11 is 0. The molecule has 4 heteroatoms. The lowest BCUT2D eigenvalue weighted by atomic mass is 9.80. The van der Waals surface area contributed by atoms with E-state index in [1.807, 2.05) is 19.2 Å². The van der Waals surface area contributed by atoms with Crippen molar-refractivity contribution in [2.24, 2.45) is 10.9 Å². The summed E-state index contributed by atoms with van der Waals surface area (Å²) in [7, 11) is 0. The molecule has 3 aliphatic rings. The highest BCUT2D eigenvalue weighted by Gasteiger charge is 2.33. The van der Waals surface area contributed by atoms with Crippen LogP contribution in [0.5, 0.6) is 0 Å². The third kappa shape index (κ3) is 4.54. The zero-order valence-corrected chi connectivity index (χ0v) is 20.5. The number of nitrogens with zero attached hydrogens (tertiary/aromatic N) is 3. The molecule has 2 aliphatic heterocycles. The number of hydrogen-bond donors (Lipinski definition) is 0. The third-order valence-corrected chi connectivity index (χ3v) is 8.14. The van der Waals surface area contributed by atoms with E-state index in [2.05, 4.69) is 58.4 Å². The largest absolute Gasteiger partial charge is 0.335 e. The number of carbonyl (C=O) groups excluding carboxylic acids is 1. The van der Waals surface area contributed by atoms with Gasteiger partial charge in [0.2, 0.25) is 5.91 Å². The minimum Gasteiger partial charge on any atom is -0.335 e. The SMILES string of the molecule is Cc1cc(C2=NCc3cc4c(cc32)CN([C@@H]2CCC[C@H](CCc3ccccc3)C2)C(=O)C4)ccn1. The van der Waals surface area contributed by atoms with Crippen molar-refractivity contribution in [3.8, 4) is 0 Å². The lowest BCUT2D eigenvalue weighted by molar-refractivity contribution is -0.135. The summed E-state index contributed by atoms with van der Waals surface area (Å²) in [6.45, 7) is 3.46. The number of aryl methyl sites for hydroxylation is 2. The van der Waals surface area contributed by atoms with Gasteiger partial charge in [-0.25, -0.2) is 0 Å². The Balaban J connectivity index is 1.19. The van der Waals surface area contributed by atoms with E-state index < -0.39 is 0 Å². The molecule has 2 atom stereocenters. The first-order chi connectivity index (χ1) is 17.1. The van der Waals surface area contributed by atoms with Crippen LogP contribution in [0.2, 0.25) is 0 Å². The summed E-state index contributed by atoms with van der Waals surface area (Å²) < 4.78 is 0. The Morgan fingerprint density at radius 1 is 1.00 bits per heavy atom. The predicted octanol–water partition coefficient (Wildman–Crippen LogP) is 5.82. The quantitative estimate of drug-likeness (QED) is 0.479. The van der Waals surface area contributed by atoms with Gasteiger partial charge in [-0.15, -0.1) is 0 Å². The first kappa shape index (κ1) is 22.2. The van der Waals surface area contributed by atoms with Crippen molar-refractivity contribution < 1.29 is 4.79 Å². The molecule has 2 aromatic carbocycles. The van der Waals surface area contributed by atoms with E-state index in [1.165, 1.54) is 47.1 Å². The van der Waals surface area contributed by atoms with Gasteiger partial charge in [0.1, 0.15) is 0 Å². The fraction of sp³-hybridized carbons (Fsp3) is 0.387. The van der Waals surface area contributed by atoms with E-state index >= 15 is 0 Å². The second kappa shape index (κ2) is 9.41. The Labute approximate surface area is 208 Å². The summed E-state index contributed by atoms with van der Waals surface area (Å²) in [5.41, 5.74) is 9.60. The Hall–Kier alpha value is -3.27. The van der Waals surface area contributed by atoms with Crippen molar-refractivity contribution in [1.29, 1.82) is 0 Å². The van der Waals surface area contributed by atoms with E-state index in [0.717, 1.165) is 42.8 Å². The molecule has 0 bridgehead atoms. The van der Waals surface area contributed by atoms with E-state index in [0.29, 0.717) is 30.8 Å². The van der Waals surface area contributed by atoms with Gasteiger partial charge in [0.05, 0.1) is 18.7 Å². The average Bonchev–Trinajstić information content (AvgIpc) is 3.29. The standard InChI is InChI=1S/C31H33N3O/c1-21-14-24(12-13-32-21)31-29-17-27-20-34(30(35)18-25(27)16-26(29)19-33-31)28-9-5-8-23(15-28)11-10-22-6-3-2-4-7-22/h2-4,6-7,12-14,16-17,23,28H,5,8-11,15,18-20H2,1H3/t23-,28-/m1/s1. The number of pyridine rings is 1. The van der Waals surface area contributed by atoms with Gasteiger partial charge < -0.3 is 4.90 Å². The summed E-state index contributed by atoms with van der Waals surface area (Å²) in [4.78, 5) is 24.7. The van der Waals surface area contributed by atoms with Crippen LogP contribution in [0.1, 0.15) is 71.2 Å². The van der Waals surface area contributed by atoms with Crippen LogP contribution in [0.15, 0.2) is 65.8 Å². The molecule has 1 fully saturated rings. The minimum atomic E-state index is 0.301. The summed E-state index contributed by atoms with van der Waals surface area (Å²) in [6.07, 6.45) is 9.54. The van der Waals surface area contributed by atoms with Crippen molar-refractivity contribution >= 4 is 11.6 Å². The van der Waals surface area contributed by atoms with Crippen LogP contribution in [-0.2, 0) is 30.7 Å². The molecule has 3 aromatic rings. The molecular weight excluding hydrogens is 430 g/mol. The highest BCUT2D eigenvalue weighted by atomic mass is 16.2. The number of carbonyl (C=O) groups is 1. The van der Waals surface area contributed by atoms with Gasteiger partial charge in [-0.1, -0.05) is 49.2 Å². The smallest absolute Gasteiger partial charge is 0.227 e. The molecule has 178 valence electrons. The van der Waals surface area contributed by atoms with E-state index in [-0.39, 0.29) is 0 Å². The number of benzene rings is 2. The first-order valence-electron chi connectivity index (χ1n) is 13.1. The molecule has 4 nitrogen and oxygen atoms in total. The molecule has 35 heavy (non-hydrogen) atoms. The fourth-order valence-electron chi connectivity index (χ4n) is 6.28. The normalized spacial score (nSPS) is 21.5. The molecule has 1 aliphatic carbocycles. The Bertz CT molecular complexity index is 1280. The Morgan fingerprint density at radius 3 is 2.74 bits per heavy atom. The summed E-state index contributed by atoms with van der Waals surface area (Å²) in [5, 5.41) is 0. The van der Waals surface area contributed by atoms with Gasteiger partial charge in [0.25, 0.3) is 0 Å². The van der Waals surface area contributed by atoms with Crippen LogP contribution in [0.3, 0.4) is 0 Å². The average molecular weight is 464 g/mol. The first-order valence-corrected chi connectivity index (χ1v) is 13.1. The number of rotatable bonds is 5. The number of aliphatic imine (C=N–C) groups is 1. The molecule has 0 radical (unpaired) electrons. The molecule has 0 N–H and O–H groups in total. The topological polar surface area (TPSA) is 45.6 Å². The van der Waals surface area contributed by atoms with Gasteiger partial charge in [0, 0.05) is 35.6 Å². The molecule has 1 amide bonds. The number of amides is 1. The van der Waals surface area contributed by atoms with Gasteiger partial charge in [-0.05, 0) is 79.0 Å². The molecule has 6 rings (SSSR count). The van der Waals surface area contributed by atoms with Crippen LogP contribution in [-0.4, -0.2) is 27.5 Å². The van der Waals surface area contributed by atoms with Crippen molar-refractivity contribution in [2.75, 3.05) is 0 Å². The maximum absolute atomic E-state index is 13.3. The third-order valence-electron chi connectivity index (χ3n) is 8.14. The highest BCUT2D eigenvalue weighted by molar-refractivity contribution is 6.15. The van der Waals surface area contributed by atoms with Crippen LogP contribution >= 0.6 is 0 Å². The number of aromatic nitrogens is 1. The van der Waals surface area contributed by atoms with Gasteiger partial charge >= 0.3 is 0 Å². The minimum absolute atomic E-state index is 0.301. The van der Waals surface area contributed by atoms with Gasteiger partial charge in [-0.2, -0.15) is 0 Å². The molecule has 3 heterocycles. The maximum atomic E-state index is 13.3. The van der Waals surface area contributed by atoms with Crippen LogP contribution in [0.4, 0.5) is 0 Å². The van der Waals surface area contributed by atoms with Crippen molar-refractivity contribution in [3.05, 3.63) is 99.9 Å². The molecule has 1 aromatic heterocycles. The monoisotopic (exact) mass is 463 g/mol. The molecular formula is C31H33N3O. The second-order valence-corrected chi connectivity index (χ2v) is 10.5. The highest BCUT2D eigenvalue weighted by Crippen LogP contribution is 2.35. The predicted molar refractivity (Wildman–Crippen MR) is 140 cm³/mol. The molecule has 0 spiro atoms. The second-order valence-electron chi connectivity index (χ2n) is 10.5. The Morgan fingerprint density at radius 2 is 1.89 bits per heavy atom.